The van der Waals surface area contributed by atoms with Gasteiger partial charge < -0.3 is 5.73 Å². The van der Waals surface area contributed by atoms with Crippen LogP contribution in [0.2, 0.25) is 0 Å². The molecule has 1 aliphatic carbocycles. The molecule has 0 bridgehead atoms. The van der Waals surface area contributed by atoms with Crippen LogP contribution < -0.4 is 11.1 Å². The van der Waals surface area contributed by atoms with Crippen molar-refractivity contribution in [1.82, 2.24) is 5.32 Å². The van der Waals surface area contributed by atoms with Gasteiger partial charge in [-0.05, 0) is 65.9 Å². The van der Waals surface area contributed by atoms with E-state index in [4.69, 9.17) is 5.73 Å². The smallest absolute Gasteiger partial charge is 0.242 e. The van der Waals surface area contributed by atoms with E-state index in [-0.39, 0.29) is 5.82 Å². The molecule has 5 heteroatoms. The highest BCUT2D eigenvalue weighted by molar-refractivity contribution is 9.10. The van der Waals surface area contributed by atoms with Crippen molar-refractivity contribution in [2.45, 2.75) is 25.3 Å². The van der Waals surface area contributed by atoms with Gasteiger partial charge in [-0.1, -0.05) is 6.07 Å². The van der Waals surface area contributed by atoms with Gasteiger partial charge in [0.1, 0.15) is 11.4 Å². The number of amides is 1. The summed E-state index contributed by atoms with van der Waals surface area (Å²) in [5.41, 5.74) is 5.20. The molecule has 3 N–H and O–H groups in total. The molecule has 0 heterocycles. The summed E-state index contributed by atoms with van der Waals surface area (Å²) in [6.45, 7) is 2.49. The van der Waals surface area contributed by atoms with Crippen molar-refractivity contribution >= 4 is 21.8 Å². The summed E-state index contributed by atoms with van der Waals surface area (Å²) in [5, 5.41) is 3.20. The number of hydrogen-bond donors (Lipinski definition) is 2. The van der Waals surface area contributed by atoms with E-state index in [1.807, 2.05) is 0 Å². The zero-order chi connectivity index (χ0) is 13.3. The van der Waals surface area contributed by atoms with Gasteiger partial charge in [-0.15, -0.1) is 0 Å². The Hall–Kier alpha value is -0.940. The first kappa shape index (κ1) is 13.5. The number of halogens is 2. The van der Waals surface area contributed by atoms with Crippen LogP contribution >= 0.6 is 15.9 Å². The molecule has 2 rings (SSSR count). The molecule has 1 amide bonds. The van der Waals surface area contributed by atoms with Crippen molar-refractivity contribution in [3.63, 3.8) is 0 Å². The summed E-state index contributed by atoms with van der Waals surface area (Å²) in [4.78, 5) is 11.7. The predicted molar refractivity (Wildman–Crippen MR) is 71.4 cm³/mol. The second kappa shape index (κ2) is 4.97. The average molecular weight is 315 g/mol. The number of nitrogens with one attached hydrogen (secondary N) is 1. The molecule has 3 nitrogen and oxygen atoms in total. The van der Waals surface area contributed by atoms with Crippen LogP contribution in [0.25, 0.3) is 0 Å². The van der Waals surface area contributed by atoms with Crippen LogP contribution in [0.4, 0.5) is 4.39 Å². The highest BCUT2D eigenvalue weighted by Crippen LogP contribution is 2.31. The predicted octanol–water partition coefficient (Wildman–Crippen LogP) is 2.29. The van der Waals surface area contributed by atoms with Gasteiger partial charge in [0, 0.05) is 0 Å². The molecule has 0 aromatic heterocycles. The molecule has 0 aliphatic heterocycles. The Kier molecular flexibility index (Phi) is 3.73. The molecule has 1 aromatic rings. The summed E-state index contributed by atoms with van der Waals surface area (Å²) < 4.78 is 13.6. The lowest BCUT2D eigenvalue weighted by Crippen LogP contribution is -2.51. The van der Waals surface area contributed by atoms with E-state index in [0.717, 1.165) is 6.54 Å². The Bertz CT molecular complexity index is 476. The topological polar surface area (TPSA) is 55.1 Å². The van der Waals surface area contributed by atoms with Crippen molar-refractivity contribution in [1.29, 1.82) is 0 Å². The molecule has 1 unspecified atom stereocenters. The van der Waals surface area contributed by atoms with Gasteiger partial charge in [-0.2, -0.15) is 0 Å². The Morgan fingerprint density at radius 2 is 2.28 bits per heavy atom. The average Bonchev–Trinajstić information content (AvgIpc) is 3.13. The molecule has 1 atom stereocenters. The first-order chi connectivity index (χ1) is 8.43. The van der Waals surface area contributed by atoms with Crippen molar-refractivity contribution in [3.8, 4) is 0 Å². The van der Waals surface area contributed by atoms with Gasteiger partial charge in [-0.3, -0.25) is 10.1 Å². The lowest BCUT2D eigenvalue weighted by atomic mass is 9.91. The number of nitrogens with two attached hydrogens (primary N) is 1. The van der Waals surface area contributed by atoms with Crippen molar-refractivity contribution in [3.05, 3.63) is 34.1 Å². The van der Waals surface area contributed by atoms with E-state index in [0.29, 0.717) is 16.0 Å². The van der Waals surface area contributed by atoms with Gasteiger partial charge in [0.2, 0.25) is 5.91 Å². The lowest BCUT2D eigenvalue weighted by molar-refractivity contribution is -0.124. The minimum Gasteiger partial charge on any atom is -0.368 e. The molecule has 0 saturated heterocycles. The van der Waals surface area contributed by atoms with E-state index >= 15 is 0 Å². The Labute approximate surface area is 114 Å². The summed E-state index contributed by atoms with van der Waals surface area (Å²) in [6, 6.07) is 4.52. The normalized spacial score (nSPS) is 18.4. The monoisotopic (exact) mass is 314 g/mol. The Balaban J connectivity index is 2.26. The van der Waals surface area contributed by atoms with Crippen LogP contribution in [0.3, 0.4) is 0 Å². The molecule has 1 aromatic carbocycles. The van der Waals surface area contributed by atoms with E-state index in [2.05, 4.69) is 21.2 Å². The SMILES string of the molecule is CC(NCC1CC1)(C(N)=O)c1ccc(F)c(Br)c1. The minimum absolute atomic E-state index is 0.334. The van der Waals surface area contributed by atoms with Crippen LogP contribution in [-0.4, -0.2) is 12.5 Å². The maximum absolute atomic E-state index is 13.2. The number of primary amides is 1. The van der Waals surface area contributed by atoms with Gasteiger partial charge in [0.05, 0.1) is 4.47 Å². The number of rotatable bonds is 5. The second-order valence-corrected chi connectivity index (χ2v) is 5.80. The van der Waals surface area contributed by atoms with Crippen LogP contribution in [0, 0.1) is 11.7 Å². The number of hydrogen-bond acceptors (Lipinski definition) is 2. The van der Waals surface area contributed by atoms with Gasteiger partial charge in [0.15, 0.2) is 0 Å². The fraction of sp³-hybridized carbons (Fsp3) is 0.462. The second-order valence-electron chi connectivity index (χ2n) is 4.94. The van der Waals surface area contributed by atoms with Crippen LogP contribution in [0.1, 0.15) is 25.3 Å². The highest BCUT2D eigenvalue weighted by Gasteiger charge is 2.35. The van der Waals surface area contributed by atoms with E-state index in [9.17, 15) is 9.18 Å². The van der Waals surface area contributed by atoms with Crippen molar-refractivity contribution in [2.75, 3.05) is 6.54 Å². The minimum atomic E-state index is -0.960. The molecular weight excluding hydrogens is 299 g/mol. The molecule has 1 aliphatic rings. The largest absolute Gasteiger partial charge is 0.368 e. The summed E-state index contributed by atoms with van der Waals surface area (Å²) in [5.74, 6) is -0.179. The van der Waals surface area contributed by atoms with Crippen LogP contribution in [0.15, 0.2) is 22.7 Å². The van der Waals surface area contributed by atoms with Crippen molar-refractivity contribution in [2.24, 2.45) is 11.7 Å². The first-order valence-electron chi connectivity index (χ1n) is 5.94. The van der Waals surface area contributed by atoms with E-state index in [1.165, 1.54) is 18.9 Å². The van der Waals surface area contributed by atoms with E-state index < -0.39 is 11.4 Å². The van der Waals surface area contributed by atoms with Gasteiger partial charge >= 0.3 is 0 Å². The summed E-state index contributed by atoms with van der Waals surface area (Å²) in [7, 11) is 0. The molecular formula is C13H16BrFN2O. The molecule has 0 spiro atoms. The third kappa shape index (κ3) is 2.72. The number of carbonyl (C=O) groups excluding carboxylic acids is 1. The lowest BCUT2D eigenvalue weighted by Gasteiger charge is -2.28. The third-order valence-corrected chi connectivity index (χ3v) is 4.04. The molecule has 98 valence electrons. The first-order valence-corrected chi connectivity index (χ1v) is 6.73. The fourth-order valence-electron chi connectivity index (χ4n) is 1.81. The van der Waals surface area contributed by atoms with Crippen LogP contribution in [0.5, 0.6) is 0 Å². The Morgan fingerprint density at radius 3 is 2.78 bits per heavy atom. The maximum Gasteiger partial charge on any atom is 0.242 e. The Morgan fingerprint density at radius 1 is 1.61 bits per heavy atom. The van der Waals surface area contributed by atoms with Crippen LogP contribution in [-0.2, 0) is 10.3 Å². The van der Waals surface area contributed by atoms with Crippen molar-refractivity contribution < 1.29 is 9.18 Å². The van der Waals surface area contributed by atoms with Gasteiger partial charge in [-0.25, -0.2) is 4.39 Å². The summed E-state index contributed by atoms with van der Waals surface area (Å²) >= 11 is 3.13. The number of benzene rings is 1. The molecule has 1 saturated carbocycles. The number of carbonyl (C=O) groups is 1. The van der Waals surface area contributed by atoms with Gasteiger partial charge in [0.25, 0.3) is 0 Å². The maximum atomic E-state index is 13.2. The molecule has 18 heavy (non-hydrogen) atoms. The summed E-state index contributed by atoms with van der Waals surface area (Å²) in [6.07, 6.45) is 2.38. The highest BCUT2D eigenvalue weighted by atomic mass is 79.9. The van der Waals surface area contributed by atoms with E-state index in [1.54, 1.807) is 19.1 Å². The third-order valence-electron chi connectivity index (χ3n) is 3.43. The quantitative estimate of drug-likeness (QED) is 0.876. The standard InChI is InChI=1S/C13H16BrFN2O/c1-13(12(16)18,17-7-8-2-3-8)9-4-5-11(15)10(14)6-9/h4-6,8,17H,2-3,7H2,1H3,(H2,16,18). The molecule has 0 radical (unpaired) electrons. The molecule has 1 fully saturated rings. The zero-order valence-corrected chi connectivity index (χ0v) is 11.8. The fourth-order valence-corrected chi connectivity index (χ4v) is 2.19. The zero-order valence-electron chi connectivity index (χ0n) is 10.2.